The molecule has 0 unspecified atom stereocenters. The van der Waals surface area contributed by atoms with Gasteiger partial charge in [0.1, 0.15) is 0 Å². The molecule has 1 fully saturated rings. The van der Waals surface area contributed by atoms with Crippen molar-refractivity contribution < 1.29 is 8.42 Å². The summed E-state index contributed by atoms with van der Waals surface area (Å²) in [4.78, 5) is 0.371. The van der Waals surface area contributed by atoms with E-state index < -0.39 is 10.0 Å². The second-order valence-corrected chi connectivity index (χ2v) is 8.30. The molecule has 21 heavy (non-hydrogen) atoms. The van der Waals surface area contributed by atoms with Crippen LogP contribution in [0.25, 0.3) is 0 Å². The van der Waals surface area contributed by atoms with Crippen LogP contribution in [-0.2, 0) is 16.6 Å². The number of benzene rings is 1. The summed E-state index contributed by atoms with van der Waals surface area (Å²) in [6.45, 7) is 3.00. The Kier molecular flexibility index (Phi) is 5.82. The molecule has 0 aliphatic heterocycles. The third-order valence-electron chi connectivity index (χ3n) is 4.10. The van der Waals surface area contributed by atoms with Crippen molar-refractivity contribution in [1.82, 2.24) is 10.0 Å². The van der Waals surface area contributed by atoms with E-state index in [0.29, 0.717) is 23.9 Å². The van der Waals surface area contributed by atoms with Crippen LogP contribution in [0.1, 0.15) is 36.8 Å². The fourth-order valence-corrected chi connectivity index (χ4v) is 4.55. The van der Waals surface area contributed by atoms with Gasteiger partial charge in [0.15, 0.2) is 0 Å². The molecule has 0 aromatic heterocycles. The molecule has 0 amide bonds. The van der Waals surface area contributed by atoms with Crippen molar-refractivity contribution in [2.45, 2.75) is 44.0 Å². The van der Waals surface area contributed by atoms with Crippen LogP contribution < -0.4 is 10.0 Å². The van der Waals surface area contributed by atoms with Crippen LogP contribution in [0.3, 0.4) is 0 Å². The summed E-state index contributed by atoms with van der Waals surface area (Å²) in [5, 5.41) is 3.05. The standard InChI is InChI=1S/C15H23BrN2O2S/c1-11-14(16)8-13(10-17-2)9-15(11)21(19,20)18-7-6-12-4-3-5-12/h8-9,12,17-18H,3-7,10H2,1-2H3. The molecule has 6 heteroatoms. The summed E-state index contributed by atoms with van der Waals surface area (Å²) in [7, 11) is -1.60. The molecule has 0 spiro atoms. The Morgan fingerprint density at radius 3 is 2.62 bits per heavy atom. The Labute approximate surface area is 135 Å². The number of hydrogen-bond donors (Lipinski definition) is 2. The van der Waals surface area contributed by atoms with E-state index in [2.05, 4.69) is 26.0 Å². The van der Waals surface area contributed by atoms with Crippen molar-refractivity contribution in [3.8, 4) is 0 Å². The van der Waals surface area contributed by atoms with E-state index in [0.717, 1.165) is 22.0 Å². The van der Waals surface area contributed by atoms with Crippen LogP contribution >= 0.6 is 15.9 Å². The smallest absolute Gasteiger partial charge is 0.240 e. The van der Waals surface area contributed by atoms with Gasteiger partial charge in [-0.1, -0.05) is 35.2 Å². The Balaban J connectivity index is 2.13. The minimum absolute atomic E-state index is 0.371. The van der Waals surface area contributed by atoms with Crippen LogP contribution in [-0.4, -0.2) is 22.0 Å². The van der Waals surface area contributed by atoms with Crippen molar-refractivity contribution in [2.75, 3.05) is 13.6 Å². The fourth-order valence-electron chi connectivity index (χ4n) is 2.55. The summed E-state index contributed by atoms with van der Waals surface area (Å²) in [6, 6.07) is 3.71. The van der Waals surface area contributed by atoms with Gasteiger partial charge in [0, 0.05) is 17.6 Å². The van der Waals surface area contributed by atoms with Gasteiger partial charge in [0.25, 0.3) is 0 Å². The number of nitrogens with one attached hydrogen (secondary N) is 2. The SMILES string of the molecule is CNCc1cc(Br)c(C)c(S(=O)(=O)NCCC2CCC2)c1. The van der Waals surface area contributed by atoms with Crippen LogP contribution in [0.4, 0.5) is 0 Å². The molecule has 1 aliphatic rings. The molecule has 0 radical (unpaired) electrons. The first-order chi connectivity index (χ1) is 9.94. The fraction of sp³-hybridized carbons (Fsp3) is 0.600. The second kappa shape index (κ2) is 7.22. The van der Waals surface area contributed by atoms with E-state index in [1.165, 1.54) is 19.3 Å². The number of rotatable bonds is 7. The highest BCUT2D eigenvalue weighted by Crippen LogP contribution is 2.29. The molecule has 0 bridgehead atoms. The van der Waals surface area contributed by atoms with Crippen LogP contribution in [0.2, 0.25) is 0 Å². The van der Waals surface area contributed by atoms with E-state index >= 15 is 0 Å². The van der Waals surface area contributed by atoms with Gasteiger partial charge in [-0.15, -0.1) is 0 Å². The van der Waals surface area contributed by atoms with Gasteiger partial charge in [-0.25, -0.2) is 13.1 Å². The van der Waals surface area contributed by atoms with Gasteiger partial charge in [-0.3, -0.25) is 0 Å². The average molecular weight is 375 g/mol. The monoisotopic (exact) mass is 374 g/mol. The lowest BCUT2D eigenvalue weighted by Crippen LogP contribution is -2.28. The van der Waals surface area contributed by atoms with Crippen LogP contribution in [0.15, 0.2) is 21.5 Å². The Hall–Kier alpha value is -0.430. The maximum atomic E-state index is 12.5. The van der Waals surface area contributed by atoms with Gasteiger partial charge in [-0.05, 0) is 49.6 Å². The lowest BCUT2D eigenvalue weighted by Gasteiger charge is -2.25. The predicted octanol–water partition coefficient (Wildman–Crippen LogP) is 2.95. The van der Waals surface area contributed by atoms with E-state index in [1.54, 1.807) is 6.07 Å². The second-order valence-electron chi connectivity index (χ2n) is 5.71. The largest absolute Gasteiger partial charge is 0.316 e. The first-order valence-electron chi connectivity index (χ1n) is 7.37. The van der Waals surface area contributed by atoms with Gasteiger partial charge in [-0.2, -0.15) is 0 Å². The molecule has 1 aliphatic carbocycles. The summed E-state index contributed by atoms with van der Waals surface area (Å²) < 4.78 is 28.6. The molecule has 118 valence electrons. The molecule has 1 aromatic carbocycles. The zero-order valence-corrected chi connectivity index (χ0v) is 15.0. The van der Waals surface area contributed by atoms with Crippen LogP contribution in [0, 0.1) is 12.8 Å². The Bertz CT molecular complexity index is 598. The zero-order valence-electron chi connectivity index (χ0n) is 12.6. The van der Waals surface area contributed by atoms with Gasteiger partial charge >= 0.3 is 0 Å². The minimum atomic E-state index is -3.44. The summed E-state index contributed by atoms with van der Waals surface area (Å²) >= 11 is 3.45. The first kappa shape index (κ1) is 16.9. The maximum Gasteiger partial charge on any atom is 0.240 e. The molecule has 2 N–H and O–H groups in total. The van der Waals surface area contributed by atoms with Gasteiger partial charge < -0.3 is 5.32 Å². The lowest BCUT2D eigenvalue weighted by atomic mass is 9.83. The highest BCUT2D eigenvalue weighted by atomic mass is 79.9. The van der Waals surface area contributed by atoms with Crippen molar-refractivity contribution in [3.63, 3.8) is 0 Å². The molecule has 1 aromatic rings. The number of halogens is 1. The Morgan fingerprint density at radius 1 is 1.33 bits per heavy atom. The maximum absolute atomic E-state index is 12.5. The first-order valence-corrected chi connectivity index (χ1v) is 9.65. The highest BCUT2D eigenvalue weighted by molar-refractivity contribution is 9.10. The summed E-state index contributed by atoms with van der Waals surface area (Å²) in [5.41, 5.74) is 1.71. The summed E-state index contributed by atoms with van der Waals surface area (Å²) in [6.07, 6.45) is 4.71. The molecular weight excluding hydrogens is 352 g/mol. The topological polar surface area (TPSA) is 58.2 Å². The van der Waals surface area contributed by atoms with E-state index in [9.17, 15) is 8.42 Å². The molecule has 0 heterocycles. The van der Waals surface area contributed by atoms with Crippen molar-refractivity contribution >= 4 is 26.0 Å². The normalized spacial score (nSPS) is 16.0. The van der Waals surface area contributed by atoms with Crippen molar-refractivity contribution in [3.05, 3.63) is 27.7 Å². The van der Waals surface area contributed by atoms with Gasteiger partial charge in [0.2, 0.25) is 10.0 Å². The minimum Gasteiger partial charge on any atom is -0.316 e. The van der Waals surface area contributed by atoms with Crippen LogP contribution in [0.5, 0.6) is 0 Å². The average Bonchev–Trinajstić information content (AvgIpc) is 2.36. The quantitative estimate of drug-likeness (QED) is 0.771. The highest BCUT2D eigenvalue weighted by Gasteiger charge is 2.21. The summed E-state index contributed by atoms with van der Waals surface area (Å²) in [5.74, 6) is 0.705. The number of hydrogen-bond acceptors (Lipinski definition) is 3. The molecule has 4 nitrogen and oxygen atoms in total. The molecule has 0 atom stereocenters. The lowest BCUT2D eigenvalue weighted by molar-refractivity contribution is 0.297. The number of sulfonamides is 1. The molecule has 2 rings (SSSR count). The molecule has 0 saturated heterocycles. The van der Waals surface area contributed by atoms with Gasteiger partial charge in [0.05, 0.1) is 4.90 Å². The van der Waals surface area contributed by atoms with Crippen molar-refractivity contribution in [2.24, 2.45) is 5.92 Å². The molecule has 1 saturated carbocycles. The van der Waals surface area contributed by atoms with E-state index in [-0.39, 0.29) is 0 Å². The third-order valence-corrected chi connectivity index (χ3v) is 6.51. The Morgan fingerprint density at radius 2 is 2.05 bits per heavy atom. The third kappa shape index (κ3) is 4.28. The van der Waals surface area contributed by atoms with Crippen molar-refractivity contribution in [1.29, 1.82) is 0 Å². The van der Waals surface area contributed by atoms with E-state index in [1.807, 2.05) is 20.0 Å². The van der Waals surface area contributed by atoms with E-state index in [4.69, 9.17) is 0 Å². The molecular formula is C15H23BrN2O2S. The zero-order chi connectivity index (χ0) is 15.5. The predicted molar refractivity (Wildman–Crippen MR) is 88.8 cm³/mol.